The number of anilines is 1. The number of nitrogens with one attached hydrogen (secondary N) is 1. The second kappa shape index (κ2) is 8.83. The summed E-state index contributed by atoms with van der Waals surface area (Å²) in [5, 5.41) is 3.96. The number of piperazine rings is 1. The lowest BCUT2D eigenvalue weighted by molar-refractivity contribution is -0.132. The van der Waals surface area contributed by atoms with Gasteiger partial charge in [-0.25, -0.2) is 0 Å². The maximum absolute atomic E-state index is 12.6. The van der Waals surface area contributed by atoms with Gasteiger partial charge in [0, 0.05) is 30.7 Å². The molecule has 0 saturated carbocycles. The van der Waals surface area contributed by atoms with Gasteiger partial charge in [-0.05, 0) is 25.1 Å². The lowest BCUT2D eigenvalue weighted by atomic mass is 10.2. The van der Waals surface area contributed by atoms with Gasteiger partial charge in [0.15, 0.2) is 0 Å². The smallest absolute Gasteiger partial charge is 0.242 e. The fraction of sp³-hybridized carbons (Fsp3) is 0.533. The maximum Gasteiger partial charge on any atom is 0.242 e. The van der Waals surface area contributed by atoms with Crippen LogP contribution < -0.4 is 15.0 Å². The van der Waals surface area contributed by atoms with Gasteiger partial charge in [-0.1, -0.05) is 11.6 Å². The molecule has 5 nitrogen and oxygen atoms in total. The number of halogens is 3. The Balaban J connectivity index is 0.00000132. The van der Waals surface area contributed by atoms with Crippen LogP contribution in [-0.2, 0) is 4.79 Å². The lowest BCUT2D eigenvalue weighted by Crippen LogP contribution is -2.55. The van der Waals surface area contributed by atoms with Crippen molar-refractivity contribution in [1.29, 1.82) is 0 Å². The Morgan fingerprint density at radius 3 is 2.91 bits per heavy atom. The second-order valence-corrected chi connectivity index (χ2v) is 5.96. The van der Waals surface area contributed by atoms with Gasteiger partial charge in [0.05, 0.1) is 18.8 Å². The molecule has 2 aliphatic rings. The zero-order valence-electron chi connectivity index (χ0n) is 13.0. The highest BCUT2D eigenvalue weighted by Gasteiger charge is 2.27. The van der Waals surface area contributed by atoms with Gasteiger partial charge in [0.1, 0.15) is 12.4 Å². The molecule has 1 aromatic rings. The minimum absolute atomic E-state index is 0. The van der Waals surface area contributed by atoms with E-state index >= 15 is 0 Å². The Bertz CT molecular complexity index is 545. The topological polar surface area (TPSA) is 44.8 Å². The van der Waals surface area contributed by atoms with Crippen LogP contribution in [0.4, 0.5) is 5.69 Å². The van der Waals surface area contributed by atoms with E-state index in [1.165, 1.54) is 0 Å². The monoisotopic (exact) mass is 381 g/mol. The van der Waals surface area contributed by atoms with E-state index in [1.54, 1.807) is 0 Å². The molecule has 0 radical (unpaired) electrons. The van der Waals surface area contributed by atoms with Gasteiger partial charge < -0.3 is 19.9 Å². The normalized spacial score (nSPS) is 19.8. The van der Waals surface area contributed by atoms with Crippen LogP contribution in [-0.4, -0.2) is 56.2 Å². The Hall–Kier alpha value is -0.880. The molecule has 0 spiro atoms. The molecule has 0 unspecified atom stereocenters. The van der Waals surface area contributed by atoms with E-state index in [4.69, 9.17) is 16.3 Å². The van der Waals surface area contributed by atoms with Gasteiger partial charge in [-0.2, -0.15) is 0 Å². The molecule has 0 aromatic heterocycles. The van der Waals surface area contributed by atoms with Gasteiger partial charge >= 0.3 is 0 Å². The van der Waals surface area contributed by atoms with Crippen LogP contribution >= 0.6 is 36.4 Å². The average Bonchev–Trinajstić information content (AvgIpc) is 2.48. The van der Waals surface area contributed by atoms with Crippen molar-refractivity contribution >= 4 is 48.0 Å². The van der Waals surface area contributed by atoms with Crippen LogP contribution in [0.2, 0.25) is 5.02 Å². The van der Waals surface area contributed by atoms with Crippen molar-refractivity contribution in [3.8, 4) is 5.75 Å². The van der Waals surface area contributed by atoms with Crippen LogP contribution in [0, 0.1) is 0 Å². The summed E-state index contributed by atoms with van der Waals surface area (Å²) in [6, 6.07) is 5.78. The summed E-state index contributed by atoms with van der Waals surface area (Å²) < 4.78 is 5.62. The first-order valence-electron chi connectivity index (χ1n) is 7.32. The summed E-state index contributed by atoms with van der Waals surface area (Å²) >= 11 is 6.06. The predicted molar refractivity (Wildman–Crippen MR) is 97.7 cm³/mol. The standard InChI is InChI=1S/C15H20ClN3O2.2ClH/c1-11-9-17-4-5-19(11)15(20)10-18-6-7-21-14-3-2-12(16)8-13(14)18;;/h2-3,8,11,17H,4-7,9-10H2,1H3;2*1H/t11-;;/m0../s1. The Morgan fingerprint density at radius 1 is 1.39 bits per heavy atom. The van der Waals surface area contributed by atoms with Gasteiger partial charge in [-0.3, -0.25) is 4.79 Å². The molecule has 3 rings (SSSR count). The van der Waals surface area contributed by atoms with Gasteiger partial charge in [0.2, 0.25) is 5.91 Å². The Labute approximate surface area is 154 Å². The van der Waals surface area contributed by atoms with Crippen LogP contribution in [0.1, 0.15) is 6.92 Å². The molecule has 23 heavy (non-hydrogen) atoms. The number of benzene rings is 1. The summed E-state index contributed by atoms with van der Waals surface area (Å²) in [5.41, 5.74) is 0.907. The SMILES string of the molecule is C[C@H]1CNCCN1C(=O)CN1CCOc2ccc(Cl)cc21.Cl.Cl. The van der Waals surface area contributed by atoms with Crippen molar-refractivity contribution in [3.05, 3.63) is 23.2 Å². The third-order valence-corrected chi connectivity index (χ3v) is 4.26. The van der Waals surface area contributed by atoms with E-state index in [0.29, 0.717) is 24.7 Å². The molecular formula is C15H22Cl3N3O2. The summed E-state index contributed by atoms with van der Waals surface area (Å²) in [6.07, 6.45) is 0. The summed E-state index contributed by atoms with van der Waals surface area (Å²) in [5.74, 6) is 0.962. The average molecular weight is 383 g/mol. The number of hydrogen-bond donors (Lipinski definition) is 1. The quantitative estimate of drug-likeness (QED) is 0.852. The summed E-state index contributed by atoms with van der Waals surface area (Å²) in [4.78, 5) is 16.6. The number of amides is 1. The number of carbonyl (C=O) groups is 1. The van der Waals surface area contributed by atoms with E-state index in [1.807, 2.05) is 23.1 Å². The highest BCUT2D eigenvalue weighted by molar-refractivity contribution is 6.31. The third kappa shape index (κ3) is 4.57. The first-order chi connectivity index (χ1) is 10.1. The minimum atomic E-state index is 0. The summed E-state index contributed by atoms with van der Waals surface area (Å²) in [7, 11) is 0. The molecule has 0 aliphatic carbocycles. The molecule has 1 aromatic carbocycles. The molecule has 1 amide bonds. The molecule has 8 heteroatoms. The van der Waals surface area contributed by atoms with Crippen molar-refractivity contribution < 1.29 is 9.53 Å². The molecule has 130 valence electrons. The van der Waals surface area contributed by atoms with Crippen LogP contribution in [0.15, 0.2) is 18.2 Å². The van der Waals surface area contributed by atoms with E-state index in [-0.39, 0.29) is 36.8 Å². The number of rotatable bonds is 2. The lowest BCUT2D eigenvalue weighted by Gasteiger charge is -2.37. The van der Waals surface area contributed by atoms with E-state index < -0.39 is 0 Å². The van der Waals surface area contributed by atoms with Crippen molar-refractivity contribution in [2.45, 2.75) is 13.0 Å². The molecule has 1 atom stereocenters. The maximum atomic E-state index is 12.6. The van der Waals surface area contributed by atoms with Crippen molar-refractivity contribution in [2.75, 3.05) is 44.2 Å². The molecule has 2 heterocycles. The zero-order valence-corrected chi connectivity index (χ0v) is 15.3. The van der Waals surface area contributed by atoms with Crippen molar-refractivity contribution in [3.63, 3.8) is 0 Å². The third-order valence-electron chi connectivity index (χ3n) is 4.03. The van der Waals surface area contributed by atoms with Crippen LogP contribution in [0.3, 0.4) is 0 Å². The highest BCUT2D eigenvalue weighted by Crippen LogP contribution is 2.33. The predicted octanol–water partition coefficient (Wildman–Crippen LogP) is 2.20. The molecule has 0 bridgehead atoms. The fourth-order valence-electron chi connectivity index (χ4n) is 2.88. The molecule has 1 N–H and O–H groups in total. The first kappa shape index (κ1) is 20.2. The fourth-order valence-corrected chi connectivity index (χ4v) is 3.04. The molecule has 2 aliphatic heterocycles. The number of fused-ring (bicyclic) bond motifs is 1. The Morgan fingerprint density at radius 2 is 2.17 bits per heavy atom. The van der Waals surface area contributed by atoms with E-state index in [9.17, 15) is 4.79 Å². The van der Waals surface area contributed by atoms with Crippen molar-refractivity contribution in [1.82, 2.24) is 10.2 Å². The Kier molecular flexibility index (Phi) is 7.74. The molecule has 1 saturated heterocycles. The van der Waals surface area contributed by atoms with E-state index in [0.717, 1.165) is 31.1 Å². The number of nitrogens with zero attached hydrogens (tertiary/aromatic N) is 2. The van der Waals surface area contributed by atoms with Crippen LogP contribution in [0.5, 0.6) is 5.75 Å². The highest BCUT2D eigenvalue weighted by atomic mass is 35.5. The second-order valence-electron chi connectivity index (χ2n) is 5.52. The van der Waals surface area contributed by atoms with Gasteiger partial charge in [0.25, 0.3) is 0 Å². The minimum Gasteiger partial charge on any atom is -0.490 e. The van der Waals surface area contributed by atoms with Crippen molar-refractivity contribution in [2.24, 2.45) is 0 Å². The molecular weight excluding hydrogens is 361 g/mol. The number of hydrogen-bond acceptors (Lipinski definition) is 4. The molecule has 1 fully saturated rings. The largest absolute Gasteiger partial charge is 0.490 e. The first-order valence-corrected chi connectivity index (χ1v) is 7.70. The summed E-state index contributed by atoms with van der Waals surface area (Å²) in [6.45, 7) is 6.25. The number of carbonyl (C=O) groups excluding carboxylic acids is 1. The van der Waals surface area contributed by atoms with Gasteiger partial charge in [-0.15, -0.1) is 24.8 Å². The zero-order chi connectivity index (χ0) is 14.8. The number of ether oxygens (including phenoxy) is 1. The van der Waals surface area contributed by atoms with E-state index in [2.05, 4.69) is 17.1 Å². The van der Waals surface area contributed by atoms with Crippen LogP contribution in [0.25, 0.3) is 0 Å².